The molecule has 6 rings (SSSR count). The van der Waals surface area contributed by atoms with E-state index in [4.69, 9.17) is 4.74 Å². The quantitative estimate of drug-likeness (QED) is 0.119. The second-order valence-corrected chi connectivity index (χ2v) is 12.4. The van der Waals surface area contributed by atoms with Crippen molar-refractivity contribution in [3.8, 4) is 5.75 Å². The number of piperazine rings is 1. The van der Waals surface area contributed by atoms with Crippen molar-refractivity contribution in [2.24, 2.45) is 0 Å². The van der Waals surface area contributed by atoms with E-state index in [1.54, 1.807) is 30.5 Å². The minimum absolute atomic E-state index is 0.0697. The van der Waals surface area contributed by atoms with E-state index in [1.807, 2.05) is 36.4 Å². The molecule has 3 aromatic carbocycles. The monoisotopic (exact) mass is 682 g/mol. The molecule has 1 aliphatic rings. The van der Waals surface area contributed by atoms with Gasteiger partial charge in [0.15, 0.2) is 5.78 Å². The predicted octanol–water partition coefficient (Wildman–Crippen LogP) is 5.13. The number of carbonyl (C=O) groups excluding carboxylic acids is 1. The van der Waals surface area contributed by atoms with Crippen molar-refractivity contribution < 1.29 is 23.4 Å². The number of halogens is 2. The van der Waals surface area contributed by atoms with Gasteiger partial charge in [-0.15, -0.1) is 5.10 Å². The summed E-state index contributed by atoms with van der Waals surface area (Å²) < 4.78 is 37.0. The maximum Gasteiger partial charge on any atom is 0.185 e. The lowest BCUT2D eigenvalue weighted by Crippen LogP contribution is -2.46. The van der Waals surface area contributed by atoms with Crippen LogP contribution in [-0.4, -0.2) is 78.3 Å². The van der Waals surface area contributed by atoms with Crippen LogP contribution >= 0.6 is 0 Å². The Kier molecular flexibility index (Phi) is 11.0. The molecule has 1 atom stereocenters. The Morgan fingerprint density at radius 2 is 1.74 bits per heavy atom. The average molecular weight is 683 g/mol. The second-order valence-electron chi connectivity index (χ2n) is 12.4. The Morgan fingerprint density at radius 1 is 0.980 bits per heavy atom. The van der Waals surface area contributed by atoms with Gasteiger partial charge in [0.05, 0.1) is 19.3 Å². The molecular weight excluding hydrogens is 642 g/mol. The molecule has 0 spiro atoms. The maximum absolute atomic E-state index is 14.8. The van der Waals surface area contributed by atoms with Crippen molar-refractivity contribution in [2.75, 3.05) is 37.6 Å². The van der Waals surface area contributed by atoms with Crippen molar-refractivity contribution in [3.63, 3.8) is 0 Å². The minimum atomic E-state index is -1.84. The second kappa shape index (κ2) is 16.0. The Morgan fingerprint density at radius 3 is 2.44 bits per heavy atom. The van der Waals surface area contributed by atoms with Gasteiger partial charge in [0, 0.05) is 49.1 Å². The first-order chi connectivity index (χ1) is 24.3. The summed E-state index contributed by atoms with van der Waals surface area (Å²) in [5.41, 5.74) is 1.15. The fraction of sp³-hybridized carbons (Fsp3) is 0.324. The van der Waals surface area contributed by atoms with Gasteiger partial charge < -0.3 is 14.7 Å². The van der Waals surface area contributed by atoms with Crippen LogP contribution < -0.4 is 9.64 Å². The van der Waals surface area contributed by atoms with E-state index >= 15 is 0 Å². The summed E-state index contributed by atoms with van der Waals surface area (Å²) in [7, 11) is 0. The molecule has 1 unspecified atom stereocenters. The normalized spacial score (nSPS) is 15.0. The van der Waals surface area contributed by atoms with E-state index in [9.17, 15) is 18.7 Å². The number of hydrogen-bond donors (Lipinski definition) is 1. The molecule has 0 bridgehead atoms. The highest BCUT2D eigenvalue weighted by Crippen LogP contribution is 2.28. The lowest BCUT2D eigenvalue weighted by molar-refractivity contribution is -0.00892. The summed E-state index contributed by atoms with van der Waals surface area (Å²) in [4.78, 5) is 21.6. The molecule has 0 saturated carbocycles. The molecule has 13 heteroatoms. The average Bonchev–Trinajstić information content (AvgIpc) is 3.81. The topological polar surface area (TPSA) is 114 Å². The highest BCUT2D eigenvalue weighted by atomic mass is 19.1. The third kappa shape index (κ3) is 8.84. The molecule has 2 aromatic heterocycles. The molecule has 11 nitrogen and oxygen atoms in total. The maximum atomic E-state index is 14.8. The number of unbranched alkanes of at least 4 members (excludes halogenated alkanes) is 1. The first-order valence-electron chi connectivity index (χ1n) is 16.7. The highest BCUT2D eigenvalue weighted by molar-refractivity contribution is 6.07. The van der Waals surface area contributed by atoms with Crippen LogP contribution in [-0.2, 0) is 25.3 Å². The van der Waals surface area contributed by atoms with Gasteiger partial charge in [0.2, 0.25) is 0 Å². The van der Waals surface area contributed by atoms with Crippen molar-refractivity contribution in [1.82, 2.24) is 34.7 Å². The van der Waals surface area contributed by atoms with Gasteiger partial charge in [0.25, 0.3) is 0 Å². The van der Waals surface area contributed by atoms with E-state index in [1.165, 1.54) is 40.9 Å². The van der Waals surface area contributed by atoms with Gasteiger partial charge in [0.1, 0.15) is 47.9 Å². The van der Waals surface area contributed by atoms with E-state index in [2.05, 4.69) is 37.1 Å². The van der Waals surface area contributed by atoms with Crippen molar-refractivity contribution >= 4 is 17.5 Å². The fourth-order valence-electron chi connectivity index (χ4n) is 5.97. The zero-order chi connectivity index (χ0) is 34.9. The molecule has 5 aromatic rings. The summed E-state index contributed by atoms with van der Waals surface area (Å²) >= 11 is 0. The summed E-state index contributed by atoms with van der Waals surface area (Å²) in [5.74, 6) is -1.13. The number of benzene rings is 3. The third-order valence-corrected chi connectivity index (χ3v) is 8.74. The van der Waals surface area contributed by atoms with Gasteiger partial charge in [-0.2, -0.15) is 5.10 Å². The van der Waals surface area contributed by atoms with Crippen LogP contribution in [0.15, 0.2) is 91.7 Å². The summed E-state index contributed by atoms with van der Waals surface area (Å²) in [6.45, 7) is 7.24. The third-order valence-electron chi connectivity index (χ3n) is 8.74. The van der Waals surface area contributed by atoms with Gasteiger partial charge in [-0.3, -0.25) is 9.69 Å². The smallest absolute Gasteiger partial charge is 0.185 e. The van der Waals surface area contributed by atoms with Crippen LogP contribution in [0.2, 0.25) is 0 Å². The molecule has 260 valence electrons. The number of aromatic nitrogens is 6. The summed E-state index contributed by atoms with van der Waals surface area (Å²) in [6, 6.07) is 18.1. The summed E-state index contributed by atoms with van der Waals surface area (Å²) in [5, 5.41) is 23.8. The zero-order valence-corrected chi connectivity index (χ0v) is 27.9. The van der Waals surface area contributed by atoms with E-state index < -0.39 is 17.2 Å². The summed E-state index contributed by atoms with van der Waals surface area (Å²) in [6.07, 6.45) is 10.1. The molecular formula is C37H40F2N8O3. The number of rotatable bonds is 15. The number of allylic oxidation sites excluding steroid dienone is 1. The molecule has 50 heavy (non-hydrogen) atoms. The molecule has 0 aliphatic carbocycles. The Bertz CT molecular complexity index is 1870. The van der Waals surface area contributed by atoms with Gasteiger partial charge in [-0.1, -0.05) is 42.8 Å². The van der Waals surface area contributed by atoms with Crippen LogP contribution in [0, 0.1) is 11.6 Å². The number of hydrogen-bond acceptors (Lipinski definition) is 9. The van der Waals surface area contributed by atoms with Crippen molar-refractivity contribution in [1.29, 1.82) is 0 Å². The first-order valence-corrected chi connectivity index (χ1v) is 16.7. The van der Waals surface area contributed by atoms with Crippen molar-refractivity contribution in [2.45, 2.75) is 45.1 Å². The van der Waals surface area contributed by atoms with Crippen molar-refractivity contribution in [3.05, 3.63) is 126 Å². The standard InChI is InChI=1S/C37H40F2N8O3/c1-2-3-16-44-17-19-45(20-18-44)32-10-7-29(8-11-32)36(48)15-6-28-4-12-33(13-5-28)50-23-31-22-46(43-42-31)24-37(49,25-47-27-40-26-41-47)34-14-9-30(38)21-35(34)39/h4-15,21-22,26-27,49H,2-3,16-20,23-25H2,1H3. The van der Waals surface area contributed by atoms with E-state index in [-0.39, 0.29) is 31.0 Å². The molecule has 0 radical (unpaired) electrons. The lowest BCUT2D eigenvalue weighted by atomic mass is 9.93. The van der Waals surface area contributed by atoms with E-state index in [0.717, 1.165) is 56.1 Å². The number of nitrogens with zero attached hydrogens (tertiary/aromatic N) is 8. The van der Waals surface area contributed by atoms with Crippen LogP contribution in [0.3, 0.4) is 0 Å². The number of ketones is 1. The highest BCUT2D eigenvalue weighted by Gasteiger charge is 2.35. The zero-order valence-electron chi connectivity index (χ0n) is 27.9. The number of carbonyl (C=O) groups is 1. The predicted molar refractivity (Wildman–Crippen MR) is 184 cm³/mol. The molecule has 1 fully saturated rings. The molecule has 1 N–H and O–H groups in total. The largest absolute Gasteiger partial charge is 0.487 e. The van der Waals surface area contributed by atoms with Gasteiger partial charge >= 0.3 is 0 Å². The number of anilines is 1. The SMILES string of the molecule is CCCCN1CCN(c2ccc(C(=O)C=Cc3ccc(OCc4cn(CC(O)(Cn5cncn5)c5ccc(F)cc5F)nn4)cc3)cc2)CC1. The Hall–Kier alpha value is -5.27. The first kappa shape index (κ1) is 34.6. The van der Waals surface area contributed by atoms with Gasteiger partial charge in [-0.05, 0) is 67.1 Å². The van der Waals surface area contributed by atoms with Crippen LogP contribution in [0.1, 0.15) is 46.9 Å². The van der Waals surface area contributed by atoms with Crippen LogP contribution in [0.5, 0.6) is 5.75 Å². The number of aliphatic hydroxyl groups is 1. The molecule has 3 heterocycles. The Balaban J connectivity index is 1.01. The molecule has 1 saturated heterocycles. The molecule has 0 amide bonds. The fourth-order valence-corrected chi connectivity index (χ4v) is 5.97. The van der Waals surface area contributed by atoms with Gasteiger partial charge in [-0.25, -0.2) is 23.1 Å². The Labute approximate surface area is 289 Å². The van der Waals surface area contributed by atoms with Crippen LogP contribution in [0.25, 0.3) is 6.08 Å². The van der Waals surface area contributed by atoms with Crippen LogP contribution in [0.4, 0.5) is 14.5 Å². The number of ether oxygens (including phenoxy) is 1. The lowest BCUT2D eigenvalue weighted by Gasteiger charge is -2.36. The minimum Gasteiger partial charge on any atom is -0.487 e. The van der Waals surface area contributed by atoms with E-state index in [0.29, 0.717) is 17.0 Å². The molecule has 1 aliphatic heterocycles.